The molecule has 0 atom stereocenters. The van der Waals surface area contributed by atoms with Gasteiger partial charge in [0.15, 0.2) is 15.8 Å². The zero-order valence-corrected chi connectivity index (χ0v) is 20.5. The first-order chi connectivity index (χ1) is 13.3. The van der Waals surface area contributed by atoms with Gasteiger partial charge in [-0.25, -0.2) is 8.42 Å². The molecule has 0 saturated carbocycles. The molecule has 0 aromatic heterocycles. The molecule has 0 radical (unpaired) electrons. The molecular formula is C21H30IN3O3S. The Labute approximate surface area is 191 Å². The normalized spacial score (nSPS) is 11.7. The summed E-state index contributed by atoms with van der Waals surface area (Å²) in [5, 5.41) is 6.55. The number of halogens is 1. The van der Waals surface area contributed by atoms with E-state index >= 15 is 0 Å². The number of hydrogen-bond acceptors (Lipinski definition) is 4. The van der Waals surface area contributed by atoms with Crippen LogP contribution in [0.25, 0.3) is 0 Å². The molecule has 0 fully saturated rings. The van der Waals surface area contributed by atoms with E-state index in [9.17, 15) is 8.42 Å². The SMILES string of the molecule is CN=C(NCCc1ccc(S(C)(=O)=O)cc1)NCc1ccc(OC(C)C)cc1.I. The molecule has 0 aliphatic heterocycles. The van der Waals surface area contributed by atoms with Gasteiger partial charge in [0, 0.05) is 26.4 Å². The minimum Gasteiger partial charge on any atom is -0.491 e. The molecule has 2 rings (SSSR count). The maximum atomic E-state index is 11.5. The number of rotatable bonds is 8. The van der Waals surface area contributed by atoms with Crippen molar-refractivity contribution in [2.45, 2.75) is 37.8 Å². The van der Waals surface area contributed by atoms with Gasteiger partial charge in [0.05, 0.1) is 11.0 Å². The largest absolute Gasteiger partial charge is 0.491 e. The topological polar surface area (TPSA) is 79.8 Å². The summed E-state index contributed by atoms with van der Waals surface area (Å²) in [5.41, 5.74) is 2.20. The summed E-state index contributed by atoms with van der Waals surface area (Å²) in [6.45, 7) is 5.36. The fourth-order valence-electron chi connectivity index (χ4n) is 2.59. The van der Waals surface area contributed by atoms with Crippen molar-refractivity contribution in [3.05, 3.63) is 59.7 Å². The van der Waals surface area contributed by atoms with Gasteiger partial charge in [0.2, 0.25) is 0 Å². The fourth-order valence-corrected chi connectivity index (χ4v) is 3.22. The van der Waals surface area contributed by atoms with E-state index in [0.717, 1.165) is 29.3 Å². The average molecular weight is 531 g/mol. The summed E-state index contributed by atoms with van der Waals surface area (Å²) in [6.07, 6.45) is 2.14. The number of hydrogen-bond donors (Lipinski definition) is 2. The van der Waals surface area contributed by atoms with Crippen LogP contribution in [-0.2, 0) is 22.8 Å². The van der Waals surface area contributed by atoms with E-state index in [1.165, 1.54) is 6.26 Å². The highest BCUT2D eigenvalue weighted by Gasteiger charge is 2.06. The highest BCUT2D eigenvalue weighted by atomic mass is 127. The number of guanidine groups is 1. The van der Waals surface area contributed by atoms with Gasteiger partial charge in [0.1, 0.15) is 5.75 Å². The second-order valence-electron chi connectivity index (χ2n) is 6.83. The molecule has 0 aliphatic carbocycles. The highest BCUT2D eigenvalue weighted by molar-refractivity contribution is 14.0. The van der Waals surface area contributed by atoms with E-state index in [2.05, 4.69) is 15.6 Å². The number of aliphatic imine (C=N–C) groups is 1. The van der Waals surface area contributed by atoms with Gasteiger partial charge >= 0.3 is 0 Å². The predicted octanol–water partition coefficient (Wildman–Crippen LogP) is 3.40. The van der Waals surface area contributed by atoms with Crippen molar-refractivity contribution in [1.82, 2.24) is 10.6 Å². The Kier molecular flexibility index (Phi) is 10.5. The Hall–Kier alpha value is -1.81. The number of benzene rings is 2. The maximum absolute atomic E-state index is 11.5. The van der Waals surface area contributed by atoms with Gasteiger partial charge in [0.25, 0.3) is 0 Å². The molecule has 0 aliphatic rings. The van der Waals surface area contributed by atoms with Crippen LogP contribution in [0, 0.1) is 0 Å². The summed E-state index contributed by atoms with van der Waals surface area (Å²) in [6, 6.07) is 15.0. The van der Waals surface area contributed by atoms with Crippen LogP contribution >= 0.6 is 24.0 Å². The third-order valence-electron chi connectivity index (χ3n) is 4.04. The number of sulfone groups is 1. The van der Waals surface area contributed by atoms with Gasteiger partial charge < -0.3 is 15.4 Å². The summed E-state index contributed by atoms with van der Waals surface area (Å²) >= 11 is 0. The average Bonchev–Trinajstić information content (AvgIpc) is 2.65. The van der Waals surface area contributed by atoms with Crippen molar-refractivity contribution in [3.8, 4) is 5.75 Å². The monoisotopic (exact) mass is 531 g/mol. The van der Waals surface area contributed by atoms with Crippen molar-refractivity contribution in [2.75, 3.05) is 19.8 Å². The summed E-state index contributed by atoms with van der Waals surface area (Å²) in [4.78, 5) is 4.57. The van der Waals surface area contributed by atoms with Crippen molar-refractivity contribution in [1.29, 1.82) is 0 Å². The first kappa shape index (κ1) is 25.2. The zero-order chi connectivity index (χ0) is 20.6. The molecule has 160 valence electrons. The molecule has 0 unspecified atom stereocenters. The number of nitrogens with zero attached hydrogens (tertiary/aromatic N) is 1. The molecule has 0 spiro atoms. The Bertz CT molecular complexity index is 880. The highest BCUT2D eigenvalue weighted by Crippen LogP contribution is 2.13. The quantitative estimate of drug-likeness (QED) is 0.310. The third-order valence-corrected chi connectivity index (χ3v) is 5.16. The standard InChI is InChI=1S/C21H29N3O3S.HI/c1-16(2)27-19-9-5-18(6-10-19)15-24-21(22-3)23-14-13-17-7-11-20(12-8-17)28(4,25)26;/h5-12,16H,13-15H2,1-4H3,(H2,22,23,24);1H. The summed E-state index contributed by atoms with van der Waals surface area (Å²) in [5.74, 6) is 1.58. The van der Waals surface area contributed by atoms with Crippen molar-refractivity contribution >= 4 is 39.8 Å². The van der Waals surface area contributed by atoms with Crippen molar-refractivity contribution < 1.29 is 13.2 Å². The second-order valence-corrected chi connectivity index (χ2v) is 8.84. The van der Waals surface area contributed by atoms with Crippen LogP contribution < -0.4 is 15.4 Å². The molecular weight excluding hydrogens is 501 g/mol. The second kappa shape index (κ2) is 12.0. The van der Waals surface area contributed by atoms with Crippen molar-refractivity contribution in [2.24, 2.45) is 4.99 Å². The molecule has 0 saturated heterocycles. The zero-order valence-electron chi connectivity index (χ0n) is 17.3. The lowest BCUT2D eigenvalue weighted by atomic mass is 10.1. The van der Waals surface area contributed by atoms with Gasteiger partial charge in [-0.2, -0.15) is 0 Å². The molecule has 0 bridgehead atoms. The van der Waals surface area contributed by atoms with Crippen LogP contribution in [0.1, 0.15) is 25.0 Å². The molecule has 2 aromatic carbocycles. The lowest BCUT2D eigenvalue weighted by Crippen LogP contribution is -2.37. The third kappa shape index (κ3) is 9.03. The molecule has 8 heteroatoms. The number of nitrogens with one attached hydrogen (secondary N) is 2. The minimum atomic E-state index is -3.15. The maximum Gasteiger partial charge on any atom is 0.191 e. The fraction of sp³-hybridized carbons (Fsp3) is 0.381. The molecule has 0 heterocycles. The molecule has 29 heavy (non-hydrogen) atoms. The van der Waals surface area contributed by atoms with Gasteiger partial charge in [-0.05, 0) is 55.7 Å². The van der Waals surface area contributed by atoms with E-state index in [0.29, 0.717) is 18.0 Å². The summed E-state index contributed by atoms with van der Waals surface area (Å²) < 4.78 is 28.6. The van der Waals surface area contributed by atoms with E-state index in [-0.39, 0.29) is 30.1 Å². The van der Waals surface area contributed by atoms with Crippen LogP contribution in [0.4, 0.5) is 0 Å². The van der Waals surface area contributed by atoms with Crippen molar-refractivity contribution in [3.63, 3.8) is 0 Å². The molecule has 6 nitrogen and oxygen atoms in total. The molecule has 0 amide bonds. The van der Waals surface area contributed by atoms with Crippen LogP contribution in [-0.4, -0.2) is 40.3 Å². The van der Waals surface area contributed by atoms with Gasteiger partial charge in [-0.3, -0.25) is 4.99 Å². The van der Waals surface area contributed by atoms with Gasteiger partial charge in [-0.1, -0.05) is 24.3 Å². The summed E-state index contributed by atoms with van der Waals surface area (Å²) in [7, 11) is -1.42. The van der Waals surface area contributed by atoms with E-state index in [4.69, 9.17) is 4.74 Å². The smallest absolute Gasteiger partial charge is 0.191 e. The van der Waals surface area contributed by atoms with Crippen LogP contribution in [0.15, 0.2) is 58.4 Å². The van der Waals surface area contributed by atoms with Crippen LogP contribution in [0.3, 0.4) is 0 Å². The van der Waals surface area contributed by atoms with E-state index in [1.807, 2.05) is 50.2 Å². The minimum absolute atomic E-state index is 0. The van der Waals surface area contributed by atoms with Crippen LogP contribution in [0.2, 0.25) is 0 Å². The van der Waals surface area contributed by atoms with Crippen LogP contribution in [0.5, 0.6) is 5.75 Å². The van der Waals surface area contributed by atoms with Gasteiger partial charge in [-0.15, -0.1) is 24.0 Å². The number of ether oxygens (including phenoxy) is 1. The lowest BCUT2D eigenvalue weighted by Gasteiger charge is -2.13. The first-order valence-corrected chi connectivity index (χ1v) is 11.2. The van der Waals surface area contributed by atoms with E-state index in [1.54, 1.807) is 19.2 Å². The lowest BCUT2D eigenvalue weighted by molar-refractivity contribution is 0.242. The Morgan fingerprint density at radius 2 is 1.59 bits per heavy atom. The Balaban J connectivity index is 0.00000420. The predicted molar refractivity (Wildman–Crippen MR) is 129 cm³/mol. The Morgan fingerprint density at radius 1 is 1.00 bits per heavy atom. The molecule has 2 N–H and O–H groups in total. The Morgan fingerprint density at radius 3 is 2.10 bits per heavy atom. The van der Waals surface area contributed by atoms with E-state index < -0.39 is 9.84 Å². The molecule has 2 aromatic rings. The first-order valence-electron chi connectivity index (χ1n) is 9.27.